The highest BCUT2D eigenvalue weighted by atomic mass is 16.2. The summed E-state index contributed by atoms with van der Waals surface area (Å²) in [5.74, 6) is 0.0440. The summed E-state index contributed by atoms with van der Waals surface area (Å²) in [4.78, 5) is 44.3. The number of likely N-dealkylation sites (tertiary alicyclic amines) is 1. The minimum Gasteiger partial charge on any atom is -0.390 e. The van der Waals surface area contributed by atoms with Gasteiger partial charge in [0.25, 0.3) is 11.5 Å². The molecule has 42 heavy (non-hydrogen) atoms. The van der Waals surface area contributed by atoms with Crippen molar-refractivity contribution in [1.82, 2.24) is 14.8 Å². The van der Waals surface area contributed by atoms with Crippen LogP contribution >= 0.6 is 0 Å². The van der Waals surface area contributed by atoms with Crippen LogP contribution in [0, 0.1) is 0 Å². The van der Waals surface area contributed by atoms with Crippen molar-refractivity contribution in [3.8, 4) is 0 Å². The van der Waals surface area contributed by atoms with Crippen LogP contribution in [0.1, 0.15) is 84.8 Å². The number of pyridine rings is 1. The highest BCUT2D eigenvalue weighted by Crippen LogP contribution is 2.43. The van der Waals surface area contributed by atoms with E-state index in [-0.39, 0.29) is 34.9 Å². The fraction of sp³-hybridized carbons (Fsp3) is 0.412. The van der Waals surface area contributed by atoms with Gasteiger partial charge in [0.05, 0.1) is 12.3 Å². The summed E-state index contributed by atoms with van der Waals surface area (Å²) >= 11 is 0. The van der Waals surface area contributed by atoms with Crippen molar-refractivity contribution in [2.24, 2.45) is 17.8 Å². The lowest BCUT2D eigenvalue weighted by atomic mass is 9.73. The first-order valence-corrected chi connectivity index (χ1v) is 15.0. The third-order valence-electron chi connectivity index (χ3n) is 8.43. The van der Waals surface area contributed by atoms with Crippen molar-refractivity contribution in [3.05, 3.63) is 106 Å². The van der Waals surface area contributed by atoms with E-state index in [0.717, 1.165) is 24.8 Å². The molecule has 0 saturated carbocycles. The van der Waals surface area contributed by atoms with Gasteiger partial charge >= 0.3 is 0 Å². The number of nitrogens with one attached hydrogen (secondary N) is 1. The number of amides is 2. The smallest absolute Gasteiger partial charge is 0.263 e. The Balaban J connectivity index is 0.000000517. The Kier molecular flexibility index (Phi) is 10.7. The fourth-order valence-electron chi connectivity index (χ4n) is 5.83. The van der Waals surface area contributed by atoms with Crippen molar-refractivity contribution in [3.63, 3.8) is 0 Å². The zero-order chi connectivity index (χ0) is 30.1. The van der Waals surface area contributed by atoms with E-state index in [4.69, 9.17) is 5.73 Å². The van der Waals surface area contributed by atoms with Crippen molar-refractivity contribution < 1.29 is 9.59 Å². The first-order valence-electron chi connectivity index (χ1n) is 15.0. The number of nitrogens with zero attached hydrogens (tertiary/aromatic N) is 3. The average molecular weight is 570 g/mol. The Hall–Kier alpha value is -4.20. The predicted octanol–water partition coefficient (Wildman–Crippen LogP) is 4.59. The normalized spacial score (nSPS) is 19.4. The summed E-state index contributed by atoms with van der Waals surface area (Å²) < 4.78 is 1.40. The molecular weight excluding hydrogens is 526 g/mol. The summed E-state index contributed by atoms with van der Waals surface area (Å²) in [6.45, 7) is 5.33. The van der Waals surface area contributed by atoms with Crippen LogP contribution in [-0.2, 0) is 11.8 Å². The Morgan fingerprint density at radius 2 is 1.64 bits per heavy atom. The fourth-order valence-corrected chi connectivity index (χ4v) is 5.83. The van der Waals surface area contributed by atoms with E-state index in [1.165, 1.54) is 22.0 Å². The second-order valence-electron chi connectivity index (χ2n) is 11.2. The molecule has 5 rings (SSSR count). The molecule has 8 nitrogen and oxygen atoms in total. The zero-order valence-electron chi connectivity index (χ0n) is 24.9. The van der Waals surface area contributed by atoms with Gasteiger partial charge in [0.2, 0.25) is 5.91 Å². The number of aliphatic imine (C=N–C) groups is 1. The molecule has 3 N–H and O–H groups in total. The van der Waals surface area contributed by atoms with Gasteiger partial charge in [-0.1, -0.05) is 61.5 Å². The Labute approximate surface area is 248 Å². The molecule has 3 aromatic rings. The number of aryl methyl sites for hydroxylation is 1. The van der Waals surface area contributed by atoms with E-state index >= 15 is 0 Å². The van der Waals surface area contributed by atoms with Crippen LogP contribution in [0.15, 0.2) is 82.7 Å². The molecule has 1 aliphatic heterocycles. The van der Waals surface area contributed by atoms with Crippen LogP contribution < -0.4 is 16.6 Å². The molecule has 1 aromatic heterocycles. The Morgan fingerprint density at radius 3 is 2.29 bits per heavy atom. The van der Waals surface area contributed by atoms with Crippen LogP contribution in [-0.4, -0.2) is 52.8 Å². The molecule has 1 aliphatic carbocycles. The zero-order valence-corrected chi connectivity index (χ0v) is 24.9. The van der Waals surface area contributed by atoms with Gasteiger partial charge in [-0.05, 0) is 67.9 Å². The Morgan fingerprint density at radius 1 is 0.976 bits per heavy atom. The number of carbonyl (C=O) groups excluding carboxylic acids is 2. The molecule has 1 unspecified atom stereocenters. The summed E-state index contributed by atoms with van der Waals surface area (Å²) in [7, 11) is 1.63. The monoisotopic (exact) mass is 569 g/mol. The lowest BCUT2D eigenvalue weighted by Crippen LogP contribution is -2.48. The minimum absolute atomic E-state index is 0.0439. The second kappa shape index (κ2) is 14.6. The molecule has 222 valence electrons. The first-order chi connectivity index (χ1) is 20.3. The molecule has 8 heteroatoms. The molecule has 2 aromatic carbocycles. The highest BCUT2D eigenvalue weighted by molar-refractivity contribution is 5.94. The molecule has 2 heterocycles. The molecule has 0 spiro atoms. The molecule has 0 bridgehead atoms. The number of carbonyl (C=O) groups is 2. The molecule has 3 atom stereocenters. The van der Waals surface area contributed by atoms with Crippen molar-refractivity contribution >= 4 is 18.2 Å². The minimum atomic E-state index is -0.343. The topological polar surface area (TPSA) is 110 Å². The first kappa shape index (κ1) is 30.8. The number of nitrogens with two attached hydrogens (primary N) is 1. The van der Waals surface area contributed by atoms with Gasteiger partial charge in [-0.3, -0.25) is 19.4 Å². The number of fused-ring (bicyclic) bond motifs is 1. The summed E-state index contributed by atoms with van der Waals surface area (Å²) in [6.07, 6.45) is 7.22. The maximum atomic E-state index is 13.6. The molecule has 2 amide bonds. The van der Waals surface area contributed by atoms with Crippen LogP contribution in [0.3, 0.4) is 0 Å². The van der Waals surface area contributed by atoms with E-state index in [1.807, 2.05) is 24.0 Å². The van der Waals surface area contributed by atoms with Crippen molar-refractivity contribution in [2.45, 2.75) is 69.9 Å². The quantitative estimate of drug-likeness (QED) is 0.334. The molecular formula is C34H43N5O3. The standard InChI is InChI=1S/C29H31N3O3.C5H12N2/c1-31-17-7-12-26(28(31)34)27(33)30-21-15-18-32(19-16-21)29(35)25-14-13-22(20-8-3-2-4-9-20)23-10-5-6-11-24(23)25;1-3-5(2)7-4-6/h2-12,17,21-22,25H,13-16,18-19H2,1H3,(H,30,33);4-5H,3H2,1-2H3,(H2,6,7)/t22?,25-;5-/m00/s1. The molecule has 0 radical (unpaired) electrons. The van der Waals surface area contributed by atoms with E-state index < -0.39 is 0 Å². The largest absolute Gasteiger partial charge is 0.390 e. The van der Waals surface area contributed by atoms with Gasteiger partial charge in [0.15, 0.2) is 0 Å². The molecule has 2 aliphatic rings. The maximum absolute atomic E-state index is 13.6. The molecule has 1 fully saturated rings. The number of benzene rings is 2. The van der Waals surface area contributed by atoms with Crippen LogP contribution in [0.2, 0.25) is 0 Å². The number of aromatic nitrogens is 1. The summed E-state index contributed by atoms with van der Waals surface area (Å²) in [5.41, 5.74) is 8.57. The second-order valence-corrected chi connectivity index (χ2v) is 11.2. The third-order valence-corrected chi connectivity index (χ3v) is 8.43. The van der Waals surface area contributed by atoms with Crippen LogP contribution in [0.5, 0.6) is 0 Å². The third kappa shape index (κ3) is 7.35. The Bertz CT molecular complexity index is 1430. The lowest BCUT2D eigenvalue weighted by molar-refractivity contribution is -0.134. The van der Waals surface area contributed by atoms with E-state index in [1.54, 1.807) is 25.4 Å². The van der Waals surface area contributed by atoms with E-state index in [0.29, 0.717) is 37.9 Å². The van der Waals surface area contributed by atoms with E-state index in [2.05, 4.69) is 59.7 Å². The van der Waals surface area contributed by atoms with Crippen LogP contribution in [0.25, 0.3) is 0 Å². The van der Waals surface area contributed by atoms with Gasteiger partial charge in [-0.15, -0.1) is 0 Å². The van der Waals surface area contributed by atoms with Gasteiger partial charge in [0.1, 0.15) is 5.56 Å². The number of hydrogen-bond acceptors (Lipinski definition) is 4. The lowest BCUT2D eigenvalue weighted by Gasteiger charge is -2.37. The number of piperidine rings is 1. The van der Waals surface area contributed by atoms with Gasteiger partial charge in [0, 0.05) is 44.3 Å². The van der Waals surface area contributed by atoms with E-state index in [9.17, 15) is 14.4 Å². The number of rotatable bonds is 6. The van der Waals surface area contributed by atoms with Gasteiger partial charge in [-0.25, -0.2) is 0 Å². The van der Waals surface area contributed by atoms with Gasteiger partial charge < -0.3 is 20.5 Å². The predicted molar refractivity (Wildman–Crippen MR) is 168 cm³/mol. The van der Waals surface area contributed by atoms with Crippen molar-refractivity contribution in [2.75, 3.05) is 13.1 Å². The number of hydrogen-bond donors (Lipinski definition) is 2. The summed E-state index contributed by atoms with van der Waals surface area (Å²) in [5, 5.41) is 2.99. The maximum Gasteiger partial charge on any atom is 0.263 e. The molecule has 1 saturated heterocycles. The van der Waals surface area contributed by atoms with Crippen molar-refractivity contribution in [1.29, 1.82) is 0 Å². The average Bonchev–Trinajstić information content (AvgIpc) is 3.02. The summed E-state index contributed by atoms with van der Waals surface area (Å²) in [6, 6.07) is 22.5. The SMILES string of the molecule is CC[C@H](C)N=CN.Cn1cccc(C(=O)NC2CCN(C(=O)[C@H]3CCC(c4ccccc4)c4ccccc43)CC2)c1=O. The van der Waals surface area contributed by atoms with Crippen LogP contribution in [0.4, 0.5) is 0 Å². The van der Waals surface area contributed by atoms with Gasteiger partial charge in [-0.2, -0.15) is 0 Å². The highest BCUT2D eigenvalue weighted by Gasteiger charge is 2.35.